The first-order valence-electron chi connectivity index (χ1n) is 5.17. The molecule has 3 heteroatoms. The van der Waals surface area contributed by atoms with Crippen LogP contribution >= 0.6 is 0 Å². The zero-order valence-corrected chi connectivity index (χ0v) is 8.56. The van der Waals surface area contributed by atoms with Gasteiger partial charge in [-0.25, -0.2) is 0 Å². The van der Waals surface area contributed by atoms with Gasteiger partial charge in [-0.05, 0) is 32.7 Å². The summed E-state index contributed by atoms with van der Waals surface area (Å²) in [6.45, 7) is 5.37. The topological polar surface area (TPSA) is 38.3 Å². The highest BCUT2D eigenvalue weighted by Crippen LogP contribution is 2.25. The van der Waals surface area contributed by atoms with Crippen molar-refractivity contribution in [1.82, 2.24) is 5.32 Å². The third-order valence-corrected chi connectivity index (χ3v) is 2.59. The summed E-state index contributed by atoms with van der Waals surface area (Å²) in [5.41, 5.74) is -0.356. The average molecular weight is 185 g/mol. The Morgan fingerprint density at radius 3 is 2.77 bits per heavy atom. The van der Waals surface area contributed by atoms with Gasteiger partial charge in [0.25, 0.3) is 0 Å². The van der Waals surface area contributed by atoms with Gasteiger partial charge < -0.3 is 10.1 Å². The van der Waals surface area contributed by atoms with Gasteiger partial charge in [-0.3, -0.25) is 4.79 Å². The largest absolute Gasteiger partial charge is 0.465 e. The first-order chi connectivity index (χ1) is 6.25. The molecule has 0 aromatic heterocycles. The van der Waals surface area contributed by atoms with Crippen LogP contribution in [0.4, 0.5) is 0 Å². The molecule has 1 N–H and O–H groups in total. The van der Waals surface area contributed by atoms with Crippen LogP contribution < -0.4 is 5.32 Å². The van der Waals surface area contributed by atoms with E-state index in [1.165, 1.54) is 0 Å². The number of hydrogen-bond donors (Lipinski definition) is 1. The molecule has 0 amide bonds. The molecule has 0 aliphatic carbocycles. The predicted octanol–water partition coefficient (Wildman–Crippen LogP) is 1.47. The van der Waals surface area contributed by atoms with Crippen molar-refractivity contribution < 1.29 is 9.53 Å². The molecule has 0 bridgehead atoms. The predicted molar refractivity (Wildman–Crippen MR) is 51.5 cm³/mol. The van der Waals surface area contributed by atoms with Crippen molar-refractivity contribution in [1.29, 1.82) is 0 Å². The van der Waals surface area contributed by atoms with Crippen LogP contribution in [0, 0.1) is 0 Å². The molecule has 0 saturated carbocycles. The second kappa shape index (κ2) is 4.61. The Hall–Kier alpha value is -0.570. The summed E-state index contributed by atoms with van der Waals surface area (Å²) in [5, 5.41) is 3.28. The van der Waals surface area contributed by atoms with E-state index in [-0.39, 0.29) is 11.5 Å². The second-order valence-corrected chi connectivity index (χ2v) is 3.58. The smallest absolute Gasteiger partial charge is 0.326 e. The number of esters is 1. The highest BCUT2D eigenvalue weighted by atomic mass is 16.5. The Balaban J connectivity index is 2.60. The molecule has 1 fully saturated rings. The average Bonchev–Trinajstić information content (AvgIpc) is 2.55. The molecule has 0 spiro atoms. The van der Waals surface area contributed by atoms with Gasteiger partial charge in [0.05, 0.1) is 6.61 Å². The lowest BCUT2D eigenvalue weighted by Crippen LogP contribution is -2.48. The van der Waals surface area contributed by atoms with Gasteiger partial charge in [0.15, 0.2) is 0 Å². The fraction of sp³-hybridized carbons (Fsp3) is 0.900. The van der Waals surface area contributed by atoms with E-state index >= 15 is 0 Å². The van der Waals surface area contributed by atoms with Crippen LogP contribution in [0.2, 0.25) is 0 Å². The van der Waals surface area contributed by atoms with Crippen LogP contribution in [0.1, 0.15) is 39.5 Å². The Morgan fingerprint density at radius 1 is 1.54 bits per heavy atom. The molecule has 13 heavy (non-hydrogen) atoms. The van der Waals surface area contributed by atoms with Gasteiger partial charge in [0.2, 0.25) is 0 Å². The van der Waals surface area contributed by atoms with Gasteiger partial charge in [-0.15, -0.1) is 0 Å². The lowest BCUT2D eigenvalue weighted by molar-refractivity contribution is -0.150. The maximum atomic E-state index is 11.7. The van der Waals surface area contributed by atoms with Crippen LogP contribution in [-0.2, 0) is 9.53 Å². The fourth-order valence-corrected chi connectivity index (χ4v) is 1.99. The molecule has 1 atom stereocenters. The zero-order chi connectivity index (χ0) is 9.73. The summed E-state index contributed by atoms with van der Waals surface area (Å²) in [6, 6.07) is 0. The molecule has 1 aliphatic rings. The fourth-order valence-electron chi connectivity index (χ4n) is 1.99. The van der Waals surface area contributed by atoms with Crippen molar-refractivity contribution in [2.75, 3.05) is 13.2 Å². The van der Waals surface area contributed by atoms with E-state index in [2.05, 4.69) is 12.2 Å². The van der Waals surface area contributed by atoms with Crippen LogP contribution in [0.15, 0.2) is 0 Å². The Kier molecular flexibility index (Phi) is 3.72. The van der Waals surface area contributed by atoms with Crippen molar-refractivity contribution >= 4 is 5.97 Å². The summed E-state index contributed by atoms with van der Waals surface area (Å²) in [6.07, 6.45) is 3.93. The quantitative estimate of drug-likeness (QED) is 0.674. The minimum Gasteiger partial charge on any atom is -0.465 e. The maximum Gasteiger partial charge on any atom is 0.326 e. The first kappa shape index (κ1) is 10.5. The van der Waals surface area contributed by atoms with Crippen molar-refractivity contribution in [3.8, 4) is 0 Å². The third-order valence-electron chi connectivity index (χ3n) is 2.59. The number of carbonyl (C=O) groups excluding carboxylic acids is 1. The Bertz CT molecular complexity index is 174. The molecule has 0 unspecified atom stereocenters. The van der Waals surface area contributed by atoms with Gasteiger partial charge in [-0.2, -0.15) is 0 Å². The Labute approximate surface area is 79.8 Å². The highest BCUT2D eigenvalue weighted by Gasteiger charge is 2.41. The summed E-state index contributed by atoms with van der Waals surface area (Å²) in [4.78, 5) is 11.7. The number of hydrogen-bond acceptors (Lipinski definition) is 3. The number of ether oxygens (including phenoxy) is 1. The van der Waals surface area contributed by atoms with Crippen molar-refractivity contribution in [3.05, 3.63) is 0 Å². The van der Waals surface area contributed by atoms with E-state index in [0.717, 1.165) is 32.2 Å². The van der Waals surface area contributed by atoms with Gasteiger partial charge in [-0.1, -0.05) is 13.3 Å². The molecule has 1 heterocycles. The summed E-state index contributed by atoms with van der Waals surface area (Å²) in [5.74, 6) is -0.0608. The van der Waals surface area contributed by atoms with Crippen molar-refractivity contribution in [2.45, 2.75) is 45.1 Å². The number of rotatable bonds is 4. The van der Waals surface area contributed by atoms with E-state index in [4.69, 9.17) is 4.74 Å². The SMILES string of the molecule is CCC[C@]1(C(=O)OCC)CCCN1. The molecule has 3 nitrogen and oxygen atoms in total. The minimum atomic E-state index is -0.356. The van der Waals surface area contributed by atoms with Crippen molar-refractivity contribution in [3.63, 3.8) is 0 Å². The van der Waals surface area contributed by atoms with Crippen LogP contribution in [0.25, 0.3) is 0 Å². The van der Waals surface area contributed by atoms with Gasteiger partial charge >= 0.3 is 5.97 Å². The molecular formula is C10H19NO2. The first-order valence-corrected chi connectivity index (χ1v) is 5.17. The maximum absolute atomic E-state index is 11.7. The standard InChI is InChI=1S/C10H19NO2/c1-3-6-10(7-5-8-11-10)9(12)13-4-2/h11H,3-8H2,1-2H3/t10-/m1/s1. The lowest BCUT2D eigenvalue weighted by Gasteiger charge is -2.26. The van der Waals surface area contributed by atoms with Crippen LogP contribution in [-0.4, -0.2) is 24.7 Å². The van der Waals surface area contributed by atoms with Gasteiger partial charge in [0.1, 0.15) is 5.54 Å². The normalized spacial score (nSPS) is 27.5. The van der Waals surface area contributed by atoms with E-state index in [1.807, 2.05) is 6.92 Å². The lowest BCUT2D eigenvalue weighted by atomic mass is 9.92. The summed E-state index contributed by atoms with van der Waals surface area (Å²) >= 11 is 0. The molecule has 0 aromatic carbocycles. The van der Waals surface area contributed by atoms with Gasteiger partial charge in [0, 0.05) is 0 Å². The molecule has 1 saturated heterocycles. The summed E-state index contributed by atoms with van der Waals surface area (Å²) < 4.78 is 5.08. The van der Waals surface area contributed by atoms with E-state index in [0.29, 0.717) is 6.61 Å². The molecule has 1 aliphatic heterocycles. The summed E-state index contributed by atoms with van der Waals surface area (Å²) in [7, 11) is 0. The molecule has 76 valence electrons. The van der Waals surface area contributed by atoms with E-state index in [9.17, 15) is 4.79 Å². The highest BCUT2D eigenvalue weighted by molar-refractivity contribution is 5.81. The molecular weight excluding hydrogens is 166 g/mol. The zero-order valence-electron chi connectivity index (χ0n) is 8.56. The van der Waals surface area contributed by atoms with Crippen molar-refractivity contribution in [2.24, 2.45) is 0 Å². The molecule has 0 aromatic rings. The van der Waals surface area contributed by atoms with E-state index < -0.39 is 0 Å². The number of nitrogens with one attached hydrogen (secondary N) is 1. The monoisotopic (exact) mass is 185 g/mol. The minimum absolute atomic E-state index is 0.0608. The second-order valence-electron chi connectivity index (χ2n) is 3.58. The third kappa shape index (κ3) is 2.21. The Morgan fingerprint density at radius 2 is 2.31 bits per heavy atom. The molecule has 1 rings (SSSR count). The van der Waals surface area contributed by atoms with Crippen LogP contribution in [0.3, 0.4) is 0 Å². The van der Waals surface area contributed by atoms with E-state index in [1.54, 1.807) is 0 Å². The van der Waals surface area contributed by atoms with Crippen LogP contribution in [0.5, 0.6) is 0 Å². The molecule has 0 radical (unpaired) electrons. The number of carbonyl (C=O) groups is 1.